The fraction of sp³-hybridized carbons (Fsp3) is 0.417. The van der Waals surface area contributed by atoms with Crippen LogP contribution in [-0.4, -0.2) is 66.6 Å². The Morgan fingerprint density at radius 1 is 0.976 bits per heavy atom. The fourth-order valence-corrected chi connectivity index (χ4v) is 5.99. The molecule has 1 fully saturated rings. The van der Waals surface area contributed by atoms with Crippen LogP contribution < -0.4 is 0 Å². The molecule has 0 radical (unpaired) electrons. The molecule has 1 atom stereocenters. The number of aryl methyl sites for hydroxylation is 1. The standard InChI is InChI=1S/C36H47N3O2/c1-5-23-39(35(40)41-28-32-18-16-30(2)17-19-32)34-20-24-38(25-21-34)26-22-36(3,33-14-10-7-11-15-33)29-37(4)27-31-12-8-6-9-13-31/h5-19,34H,1,20-29H2,2-4H3. The Labute approximate surface area is 247 Å². The third-order valence-electron chi connectivity index (χ3n) is 8.41. The summed E-state index contributed by atoms with van der Waals surface area (Å²) in [5, 5.41) is 0. The summed E-state index contributed by atoms with van der Waals surface area (Å²) in [6.45, 7) is 14.1. The number of rotatable bonds is 13. The summed E-state index contributed by atoms with van der Waals surface area (Å²) in [6.07, 6.45) is 4.53. The van der Waals surface area contributed by atoms with Crippen LogP contribution in [0.3, 0.4) is 0 Å². The zero-order valence-corrected chi connectivity index (χ0v) is 25.2. The molecule has 1 unspecified atom stereocenters. The van der Waals surface area contributed by atoms with E-state index >= 15 is 0 Å². The number of benzene rings is 3. The van der Waals surface area contributed by atoms with Crippen LogP contribution in [0.4, 0.5) is 4.79 Å². The van der Waals surface area contributed by atoms with Crippen LogP contribution in [0, 0.1) is 6.92 Å². The molecule has 218 valence electrons. The highest BCUT2D eigenvalue weighted by Crippen LogP contribution is 2.30. The topological polar surface area (TPSA) is 36.0 Å². The molecule has 5 heteroatoms. The number of piperidine rings is 1. The molecule has 3 aromatic carbocycles. The second-order valence-corrected chi connectivity index (χ2v) is 11.9. The molecule has 41 heavy (non-hydrogen) atoms. The van der Waals surface area contributed by atoms with Crippen molar-refractivity contribution < 1.29 is 9.53 Å². The Kier molecular flexibility index (Phi) is 11.2. The molecule has 0 N–H and O–H groups in total. The largest absolute Gasteiger partial charge is 0.445 e. The number of hydrogen-bond acceptors (Lipinski definition) is 4. The van der Waals surface area contributed by atoms with Crippen molar-refractivity contribution in [3.05, 3.63) is 120 Å². The molecule has 1 aliphatic rings. The van der Waals surface area contributed by atoms with Crippen LogP contribution in [0.25, 0.3) is 0 Å². The van der Waals surface area contributed by atoms with Gasteiger partial charge in [0, 0.05) is 44.2 Å². The van der Waals surface area contributed by atoms with Gasteiger partial charge in [-0.2, -0.15) is 0 Å². The van der Waals surface area contributed by atoms with E-state index in [9.17, 15) is 4.79 Å². The van der Waals surface area contributed by atoms with E-state index in [2.05, 4.69) is 97.9 Å². The van der Waals surface area contributed by atoms with E-state index in [4.69, 9.17) is 4.74 Å². The Morgan fingerprint density at radius 3 is 2.24 bits per heavy atom. The Morgan fingerprint density at radius 2 is 1.61 bits per heavy atom. The highest BCUT2D eigenvalue weighted by atomic mass is 16.6. The number of ether oxygens (including phenoxy) is 1. The van der Waals surface area contributed by atoms with Crippen LogP contribution in [-0.2, 0) is 23.3 Å². The maximum atomic E-state index is 13.0. The molecule has 1 heterocycles. The Hall–Kier alpha value is -3.41. The average Bonchev–Trinajstić information content (AvgIpc) is 2.99. The van der Waals surface area contributed by atoms with Gasteiger partial charge in [-0.15, -0.1) is 6.58 Å². The first-order valence-corrected chi connectivity index (χ1v) is 15.0. The van der Waals surface area contributed by atoms with Gasteiger partial charge in [-0.3, -0.25) is 0 Å². The number of hydrogen-bond donors (Lipinski definition) is 0. The summed E-state index contributed by atoms with van der Waals surface area (Å²) in [4.78, 5) is 19.9. The lowest BCUT2D eigenvalue weighted by Crippen LogP contribution is -2.48. The number of amides is 1. The van der Waals surface area contributed by atoms with Crippen LogP contribution in [0.15, 0.2) is 97.6 Å². The minimum absolute atomic E-state index is 0.0380. The molecule has 0 bridgehead atoms. The van der Waals surface area contributed by atoms with Gasteiger partial charge in [-0.05, 0) is 56.5 Å². The van der Waals surface area contributed by atoms with Gasteiger partial charge in [-0.25, -0.2) is 4.79 Å². The number of carbonyl (C=O) groups is 1. The summed E-state index contributed by atoms with van der Waals surface area (Å²) in [6, 6.07) is 30.0. The summed E-state index contributed by atoms with van der Waals surface area (Å²) in [5.41, 5.74) is 4.98. The summed E-state index contributed by atoms with van der Waals surface area (Å²) >= 11 is 0. The van der Waals surface area contributed by atoms with Gasteiger partial charge in [-0.1, -0.05) is 103 Å². The monoisotopic (exact) mass is 553 g/mol. The number of likely N-dealkylation sites (N-methyl/N-ethyl adjacent to an activating group) is 1. The molecule has 0 saturated carbocycles. The predicted molar refractivity (Wildman–Crippen MR) is 169 cm³/mol. The lowest BCUT2D eigenvalue weighted by molar-refractivity contribution is 0.0644. The van der Waals surface area contributed by atoms with Crippen molar-refractivity contribution in [3.63, 3.8) is 0 Å². The quantitative estimate of drug-likeness (QED) is 0.212. The summed E-state index contributed by atoms with van der Waals surface area (Å²) < 4.78 is 5.70. The lowest BCUT2D eigenvalue weighted by atomic mass is 9.78. The van der Waals surface area contributed by atoms with Crippen molar-refractivity contribution in [2.45, 2.75) is 57.7 Å². The van der Waals surface area contributed by atoms with Gasteiger partial charge >= 0.3 is 6.09 Å². The van der Waals surface area contributed by atoms with Crippen molar-refractivity contribution in [3.8, 4) is 0 Å². The molecule has 3 aromatic rings. The second-order valence-electron chi connectivity index (χ2n) is 11.9. The molecule has 0 aliphatic carbocycles. The van der Waals surface area contributed by atoms with Crippen LogP contribution in [0.5, 0.6) is 0 Å². The molecule has 0 aromatic heterocycles. The zero-order valence-electron chi connectivity index (χ0n) is 25.2. The second kappa shape index (κ2) is 15.0. The van der Waals surface area contributed by atoms with Gasteiger partial charge in [0.05, 0.1) is 0 Å². The molecule has 5 nitrogen and oxygen atoms in total. The van der Waals surface area contributed by atoms with Crippen molar-refractivity contribution in [2.75, 3.05) is 39.8 Å². The normalized spacial score (nSPS) is 15.8. The van der Waals surface area contributed by atoms with Gasteiger partial charge < -0.3 is 19.4 Å². The van der Waals surface area contributed by atoms with E-state index in [1.165, 1.54) is 16.7 Å². The summed E-state index contributed by atoms with van der Waals surface area (Å²) in [7, 11) is 2.23. The molecule has 0 spiro atoms. The SMILES string of the molecule is C=CCN(C(=O)OCc1ccc(C)cc1)C1CCN(CCC(C)(CN(C)Cc2ccccc2)c2ccccc2)CC1. The first kappa shape index (κ1) is 30.5. The summed E-state index contributed by atoms with van der Waals surface area (Å²) in [5.74, 6) is 0. The Bertz CT molecular complexity index is 1210. The predicted octanol–water partition coefficient (Wildman–Crippen LogP) is 7.06. The van der Waals surface area contributed by atoms with Crippen molar-refractivity contribution in [1.29, 1.82) is 0 Å². The molecule has 4 rings (SSSR count). The van der Waals surface area contributed by atoms with E-state index in [1.807, 2.05) is 29.2 Å². The van der Waals surface area contributed by atoms with Crippen LogP contribution in [0.1, 0.15) is 48.4 Å². The Balaban J connectivity index is 1.31. The minimum Gasteiger partial charge on any atom is -0.445 e. The number of likely N-dealkylation sites (tertiary alicyclic amines) is 1. The van der Waals surface area contributed by atoms with E-state index in [-0.39, 0.29) is 17.6 Å². The van der Waals surface area contributed by atoms with E-state index in [0.29, 0.717) is 13.2 Å². The lowest BCUT2D eigenvalue weighted by Gasteiger charge is -2.40. The van der Waals surface area contributed by atoms with Gasteiger partial charge in [0.2, 0.25) is 0 Å². The number of nitrogens with zero attached hydrogens (tertiary/aromatic N) is 3. The first-order chi connectivity index (χ1) is 19.9. The van der Waals surface area contributed by atoms with Crippen molar-refractivity contribution >= 4 is 6.09 Å². The zero-order chi connectivity index (χ0) is 29.1. The van der Waals surface area contributed by atoms with Gasteiger partial charge in [0.25, 0.3) is 0 Å². The van der Waals surface area contributed by atoms with Crippen molar-refractivity contribution in [1.82, 2.24) is 14.7 Å². The fourth-order valence-electron chi connectivity index (χ4n) is 5.99. The molecule has 1 amide bonds. The highest BCUT2D eigenvalue weighted by Gasteiger charge is 2.32. The van der Waals surface area contributed by atoms with E-state index < -0.39 is 0 Å². The van der Waals surface area contributed by atoms with Crippen LogP contribution in [0.2, 0.25) is 0 Å². The molecular weight excluding hydrogens is 506 g/mol. The smallest absolute Gasteiger partial charge is 0.410 e. The average molecular weight is 554 g/mol. The van der Waals surface area contributed by atoms with Gasteiger partial charge in [0.1, 0.15) is 6.61 Å². The molecule has 1 aliphatic heterocycles. The molecule has 1 saturated heterocycles. The highest BCUT2D eigenvalue weighted by molar-refractivity contribution is 5.68. The number of carbonyl (C=O) groups excluding carboxylic acids is 1. The maximum Gasteiger partial charge on any atom is 0.410 e. The first-order valence-electron chi connectivity index (χ1n) is 15.0. The van der Waals surface area contributed by atoms with Crippen molar-refractivity contribution in [2.24, 2.45) is 0 Å². The van der Waals surface area contributed by atoms with E-state index in [1.54, 1.807) is 6.08 Å². The minimum atomic E-state index is -0.248. The van der Waals surface area contributed by atoms with Crippen LogP contribution >= 0.6 is 0 Å². The maximum absolute atomic E-state index is 13.0. The third kappa shape index (κ3) is 9.04. The molecular formula is C36H47N3O2. The van der Waals surface area contributed by atoms with E-state index in [0.717, 1.165) is 57.5 Å². The third-order valence-corrected chi connectivity index (χ3v) is 8.41. The van der Waals surface area contributed by atoms with Gasteiger partial charge in [0.15, 0.2) is 0 Å².